The van der Waals surface area contributed by atoms with Gasteiger partial charge in [0.25, 0.3) is 0 Å². The molecule has 10 heteroatoms. The van der Waals surface area contributed by atoms with Gasteiger partial charge in [0.1, 0.15) is 0 Å². The van der Waals surface area contributed by atoms with Crippen molar-refractivity contribution in [2.75, 3.05) is 0 Å². The Bertz CT molecular complexity index is 9.22. The van der Waals surface area contributed by atoms with Crippen molar-refractivity contribution >= 4 is 17.4 Å². The van der Waals surface area contributed by atoms with Gasteiger partial charge in [-0.3, -0.25) is 0 Å². The number of hydrogen-bond acceptors (Lipinski definition) is 7. The zero-order chi connectivity index (χ0) is 0. The van der Waals surface area contributed by atoms with Crippen LogP contribution < -0.4 is 0 Å². The molecule has 0 aromatic rings. The minimum Gasteiger partial charge on any atom is -0.870 e. The molecule has 64 valence electrons. The summed E-state index contributed by atoms with van der Waals surface area (Å²) in [4.78, 5) is 0. The van der Waals surface area contributed by atoms with Crippen LogP contribution in [0.25, 0.3) is 0 Å². The maximum absolute atomic E-state index is 0. The van der Waals surface area contributed by atoms with Crippen LogP contribution in [0.4, 0.5) is 0 Å². The second kappa shape index (κ2) is 921. The monoisotopic (exact) mass is 212 g/mol. The Kier molecular flexibility index (Phi) is 115000. The molecule has 0 unspecified atom stereocenters. The van der Waals surface area contributed by atoms with Crippen molar-refractivity contribution in [3.05, 3.63) is 0 Å². The largest absolute Gasteiger partial charge is 4.00 e. The molecule has 0 aromatic heterocycles. The van der Waals surface area contributed by atoms with Gasteiger partial charge in [0.05, 0.1) is 0 Å². The van der Waals surface area contributed by atoms with E-state index in [1.165, 1.54) is 0 Å². The van der Waals surface area contributed by atoms with E-state index in [9.17, 15) is 0 Å². The fourth-order valence-corrected chi connectivity index (χ4v) is 0. The molecule has 8 nitrogen and oxygen atoms in total. The molecule has 0 heterocycles. The van der Waals surface area contributed by atoms with Crippen molar-refractivity contribution in [3.63, 3.8) is 0 Å². The zero-order valence-electron chi connectivity index (χ0n) is 4.71. The topological polar surface area (TPSA) is 242 Å². The van der Waals surface area contributed by atoms with Crippen LogP contribution >= 0.6 is 0 Å². The first-order valence-corrected chi connectivity index (χ1v) is 0. The molecule has 0 radical (unpaired) electrons. The van der Waals surface area contributed by atoms with Crippen LogP contribution in [0, 0.1) is 0 Å². The smallest absolute Gasteiger partial charge is 0.870 e. The SMILES string of the molecule is O.[Al+3].[OH-].[OH-].[OH-].[OH-].[OH-].[OH-].[OH-].[Ti+4]. The van der Waals surface area contributed by atoms with E-state index in [-0.39, 0.29) is 82.9 Å². The van der Waals surface area contributed by atoms with E-state index in [1.807, 2.05) is 0 Å². The third kappa shape index (κ3) is 653. The molecule has 0 saturated heterocycles. The first kappa shape index (κ1) is 1250. The van der Waals surface area contributed by atoms with Gasteiger partial charge in [-0.1, -0.05) is 0 Å². The summed E-state index contributed by atoms with van der Waals surface area (Å²) in [6.45, 7) is 0. The zero-order valence-corrected chi connectivity index (χ0v) is 7.42. The summed E-state index contributed by atoms with van der Waals surface area (Å²) in [6.07, 6.45) is 0. The summed E-state index contributed by atoms with van der Waals surface area (Å²) in [5.74, 6) is 0. The first-order valence-electron chi connectivity index (χ1n) is 0. The first-order chi connectivity index (χ1) is 0. The van der Waals surface area contributed by atoms with Gasteiger partial charge in [0.2, 0.25) is 0 Å². The van der Waals surface area contributed by atoms with Gasteiger partial charge in [-0.15, -0.1) is 0 Å². The van der Waals surface area contributed by atoms with Gasteiger partial charge in [0, 0.05) is 0 Å². The Labute approximate surface area is 83.1 Å². The van der Waals surface area contributed by atoms with Crippen molar-refractivity contribution < 1.29 is 65.5 Å². The van der Waals surface area contributed by atoms with E-state index < -0.39 is 0 Å². The van der Waals surface area contributed by atoms with Gasteiger partial charge in [0.15, 0.2) is 0 Å². The van der Waals surface area contributed by atoms with Gasteiger partial charge < -0.3 is 43.8 Å². The average molecular weight is 212 g/mol. The number of rotatable bonds is 0. The quantitative estimate of drug-likeness (QED) is 0.391. The third-order valence-corrected chi connectivity index (χ3v) is 0. The fraction of sp³-hybridized carbons (Fsp3) is 0. The van der Waals surface area contributed by atoms with Crippen LogP contribution in [0.2, 0.25) is 0 Å². The maximum atomic E-state index is 0. The van der Waals surface area contributed by atoms with E-state index in [4.69, 9.17) is 0 Å². The van der Waals surface area contributed by atoms with Crippen LogP contribution in [0.15, 0.2) is 0 Å². The van der Waals surface area contributed by atoms with E-state index in [1.54, 1.807) is 0 Å². The molecule has 0 fully saturated rings. The summed E-state index contributed by atoms with van der Waals surface area (Å²) in [5.41, 5.74) is 0. The van der Waals surface area contributed by atoms with Gasteiger partial charge >= 0.3 is 39.1 Å². The van der Waals surface area contributed by atoms with Crippen molar-refractivity contribution in [3.8, 4) is 0 Å². The molecule has 0 aromatic carbocycles. The van der Waals surface area contributed by atoms with E-state index in [2.05, 4.69) is 0 Å². The second-order valence-corrected chi connectivity index (χ2v) is 0. The fourth-order valence-electron chi connectivity index (χ4n) is 0. The average Bonchev–Trinajstić information content (AvgIpc) is 0. The molecule has 10 heavy (non-hydrogen) atoms. The second-order valence-electron chi connectivity index (χ2n) is 0. The summed E-state index contributed by atoms with van der Waals surface area (Å²) >= 11 is 0. The Hall–Kier alpha value is 0.927. The van der Waals surface area contributed by atoms with Crippen molar-refractivity contribution in [2.24, 2.45) is 0 Å². The number of hydrogen-bond donors (Lipinski definition) is 0. The summed E-state index contributed by atoms with van der Waals surface area (Å²) in [5, 5.41) is 0. The van der Waals surface area contributed by atoms with Crippen LogP contribution in [0.5, 0.6) is 0 Å². The minimum absolute atomic E-state index is 0. The van der Waals surface area contributed by atoms with Crippen molar-refractivity contribution in [1.29, 1.82) is 0 Å². The summed E-state index contributed by atoms with van der Waals surface area (Å²) in [6, 6.07) is 0. The Morgan fingerprint density at radius 3 is 0.400 bits per heavy atom. The van der Waals surface area contributed by atoms with Crippen LogP contribution in [-0.4, -0.2) is 61.2 Å². The molecule has 0 bridgehead atoms. The van der Waals surface area contributed by atoms with Crippen LogP contribution in [0.3, 0.4) is 0 Å². The Balaban J connectivity index is 0. The van der Waals surface area contributed by atoms with E-state index in [0.29, 0.717) is 0 Å². The maximum Gasteiger partial charge on any atom is 4.00 e. The molecule has 0 saturated carbocycles. The molecule has 0 spiro atoms. The Morgan fingerprint density at radius 2 is 0.400 bits per heavy atom. The predicted molar refractivity (Wildman–Crippen MR) is 22.9 cm³/mol. The molecular formula is H9AlO8Ti. The van der Waals surface area contributed by atoms with E-state index in [0.717, 1.165) is 0 Å². The standard InChI is InChI=1S/Al.8H2O.Ti/h;8*1H2;/q+3;;;;;;;;;+4/p-7. The molecule has 0 aliphatic rings. The molecule has 0 aliphatic heterocycles. The Morgan fingerprint density at radius 1 is 0.400 bits per heavy atom. The molecule has 0 aliphatic carbocycles. The predicted octanol–water partition coefficient (Wildman–Crippen LogP) is -2.45. The molecular weight excluding hydrogens is 203 g/mol. The summed E-state index contributed by atoms with van der Waals surface area (Å²) < 4.78 is 0. The molecule has 0 atom stereocenters. The van der Waals surface area contributed by atoms with Crippen molar-refractivity contribution in [1.82, 2.24) is 0 Å². The molecule has 0 rings (SSSR count). The summed E-state index contributed by atoms with van der Waals surface area (Å²) in [7, 11) is 0. The molecule has 0 amide bonds. The minimum atomic E-state index is 0. The van der Waals surface area contributed by atoms with E-state index >= 15 is 0 Å². The van der Waals surface area contributed by atoms with Gasteiger partial charge in [-0.2, -0.15) is 0 Å². The van der Waals surface area contributed by atoms with Crippen LogP contribution in [0.1, 0.15) is 0 Å². The third-order valence-electron chi connectivity index (χ3n) is 0. The molecule has 9 N–H and O–H groups in total. The van der Waals surface area contributed by atoms with Crippen molar-refractivity contribution in [2.45, 2.75) is 0 Å². The van der Waals surface area contributed by atoms with Gasteiger partial charge in [-0.25, -0.2) is 0 Å². The van der Waals surface area contributed by atoms with Crippen LogP contribution in [-0.2, 0) is 21.7 Å². The normalized spacial score (nSPS) is 0. The van der Waals surface area contributed by atoms with Gasteiger partial charge in [-0.05, 0) is 0 Å².